The molecular weight excluding hydrogens is 286 g/mol. The lowest BCUT2D eigenvalue weighted by Crippen LogP contribution is -2.41. The van der Waals surface area contributed by atoms with Gasteiger partial charge in [-0.15, -0.1) is 0 Å². The molecule has 0 radical (unpaired) electrons. The van der Waals surface area contributed by atoms with Gasteiger partial charge in [0.25, 0.3) is 0 Å². The first-order valence-electron chi connectivity index (χ1n) is 6.78. The zero-order chi connectivity index (χ0) is 15.0. The number of para-hydroxylation sites is 1. The molecule has 2 aromatic carbocycles. The van der Waals surface area contributed by atoms with Crippen LogP contribution >= 0.6 is 0 Å². The van der Waals surface area contributed by atoms with Crippen LogP contribution in [0.4, 0.5) is 0 Å². The Balaban J connectivity index is 2.02. The Hall–Kier alpha value is -1.85. The van der Waals surface area contributed by atoms with Crippen LogP contribution in [0.5, 0.6) is 5.75 Å². The van der Waals surface area contributed by atoms with Gasteiger partial charge in [-0.25, -0.2) is 8.42 Å². The lowest BCUT2D eigenvalue weighted by molar-refractivity contribution is 0.270. The van der Waals surface area contributed by atoms with Crippen molar-refractivity contribution in [2.45, 2.75) is 23.1 Å². The Morgan fingerprint density at radius 3 is 2.67 bits per heavy atom. The number of ether oxygens (including phenoxy) is 1. The van der Waals surface area contributed by atoms with Crippen molar-refractivity contribution < 1.29 is 13.2 Å². The van der Waals surface area contributed by atoms with Gasteiger partial charge in [0.2, 0.25) is 0 Å². The van der Waals surface area contributed by atoms with E-state index in [0.29, 0.717) is 10.6 Å². The van der Waals surface area contributed by atoms with Crippen molar-refractivity contribution in [3.05, 3.63) is 59.7 Å². The van der Waals surface area contributed by atoms with Crippen LogP contribution in [0, 0.1) is 6.92 Å². The zero-order valence-electron chi connectivity index (χ0n) is 11.7. The highest BCUT2D eigenvalue weighted by Gasteiger charge is 2.38. The Morgan fingerprint density at radius 1 is 1.14 bits per heavy atom. The first-order chi connectivity index (χ1) is 10.00. The average molecular weight is 303 g/mol. The normalized spacial score (nSPS) is 21.4. The fourth-order valence-corrected chi connectivity index (χ4v) is 4.36. The van der Waals surface area contributed by atoms with E-state index in [0.717, 1.165) is 11.1 Å². The number of benzene rings is 2. The van der Waals surface area contributed by atoms with Crippen LogP contribution in [-0.2, 0) is 9.84 Å². The highest BCUT2D eigenvalue weighted by Crippen LogP contribution is 2.35. The van der Waals surface area contributed by atoms with E-state index in [9.17, 15) is 8.42 Å². The number of hydrogen-bond acceptors (Lipinski definition) is 4. The molecule has 1 aliphatic heterocycles. The summed E-state index contributed by atoms with van der Waals surface area (Å²) in [6, 6.07) is 13.6. The first kappa shape index (κ1) is 14.1. The summed E-state index contributed by atoms with van der Waals surface area (Å²) in [5.74, 6) is 0.667. The van der Waals surface area contributed by atoms with Crippen LogP contribution in [0.15, 0.2) is 53.4 Å². The van der Waals surface area contributed by atoms with Gasteiger partial charge in [0.05, 0.1) is 10.9 Å². The zero-order valence-corrected chi connectivity index (χ0v) is 12.5. The summed E-state index contributed by atoms with van der Waals surface area (Å²) in [5.41, 5.74) is 7.84. The van der Waals surface area contributed by atoms with Crippen molar-refractivity contribution in [1.82, 2.24) is 0 Å². The lowest BCUT2D eigenvalue weighted by atomic mass is 10.0. The Kier molecular flexibility index (Phi) is 3.47. The van der Waals surface area contributed by atoms with E-state index in [-0.39, 0.29) is 6.61 Å². The van der Waals surface area contributed by atoms with E-state index in [2.05, 4.69) is 0 Å². The monoisotopic (exact) mass is 303 g/mol. The molecule has 2 atom stereocenters. The average Bonchev–Trinajstić information content (AvgIpc) is 2.47. The first-order valence-corrected chi connectivity index (χ1v) is 8.32. The fraction of sp³-hybridized carbons (Fsp3) is 0.250. The molecule has 0 spiro atoms. The van der Waals surface area contributed by atoms with Gasteiger partial charge < -0.3 is 10.5 Å². The second-order valence-corrected chi connectivity index (χ2v) is 7.44. The SMILES string of the molecule is Cc1cccc(S(=O)(=O)C2COc3ccccc3C2N)c1. The van der Waals surface area contributed by atoms with Gasteiger partial charge in [-0.2, -0.15) is 0 Å². The summed E-state index contributed by atoms with van der Waals surface area (Å²) in [5, 5.41) is -0.769. The highest BCUT2D eigenvalue weighted by molar-refractivity contribution is 7.92. The van der Waals surface area contributed by atoms with Crippen LogP contribution in [0.2, 0.25) is 0 Å². The van der Waals surface area contributed by atoms with Crippen molar-refractivity contribution in [2.75, 3.05) is 6.61 Å². The minimum atomic E-state index is -3.53. The minimum Gasteiger partial charge on any atom is -0.492 e. The molecule has 1 aliphatic rings. The topological polar surface area (TPSA) is 69.4 Å². The van der Waals surface area contributed by atoms with Crippen molar-refractivity contribution in [3.63, 3.8) is 0 Å². The van der Waals surface area contributed by atoms with Crippen molar-refractivity contribution >= 4 is 9.84 Å². The van der Waals surface area contributed by atoms with Gasteiger partial charge in [0.1, 0.15) is 17.6 Å². The predicted octanol–water partition coefficient (Wildman–Crippen LogP) is 2.23. The number of sulfone groups is 1. The lowest BCUT2D eigenvalue weighted by Gasteiger charge is -2.30. The standard InChI is InChI=1S/C16H17NO3S/c1-11-5-4-6-12(9-11)21(18,19)15-10-20-14-8-3-2-7-13(14)16(15)17/h2-9,15-16H,10,17H2,1H3. The molecule has 0 saturated heterocycles. The van der Waals surface area contributed by atoms with E-state index < -0.39 is 21.1 Å². The maximum atomic E-state index is 12.8. The molecule has 110 valence electrons. The molecule has 2 N–H and O–H groups in total. The Bertz CT molecular complexity index is 771. The van der Waals surface area contributed by atoms with E-state index in [1.165, 1.54) is 0 Å². The van der Waals surface area contributed by atoms with Gasteiger partial charge in [-0.05, 0) is 30.7 Å². The maximum absolute atomic E-state index is 12.8. The van der Waals surface area contributed by atoms with Crippen LogP contribution in [0.25, 0.3) is 0 Å². The van der Waals surface area contributed by atoms with E-state index in [1.807, 2.05) is 37.3 Å². The van der Waals surface area contributed by atoms with Crippen LogP contribution in [0.3, 0.4) is 0 Å². The van der Waals surface area contributed by atoms with Crippen LogP contribution in [0.1, 0.15) is 17.2 Å². The van der Waals surface area contributed by atoms with Crippen LogP contribution in [-0.4, -0.2) is 20.3 Å². The third-order valence-electron chi connectivity index (χ3n) is 3.80. The predicted molar refractivity (Wildman–Crippen MR) is 81.0 cm³/mol. The second kappa shape index (κ2) is 5.16. The van der Waals surface area contributed by atoms with Crippen molar-refractivity contribution in [2.24, 2.45) is 5.73 Å². The second-order valence-electron chi connectivity index (χ2n) is 5.27. The van der Waals surface area contributed by atoms with Gasteiger partial charge >= 0.3 is 0 Å². The number of aryl methyl sites for hydroxylation is 1. The van der Waals surface area contributed by atoms with Crippen molar-refractivity contribution in [1.29, 1.82) is 0 Å². The molecular formula is C16H17NO3S. The smallest absolute Gasteiger partial charge is 0.186 e. The van der Waals surface area contributed by atoms with E-state index in [4.69, 9.17) is 10.5 Å². The molecule has 3 rings (SSSR count). The summed E-state index contributed by atoms with van der Waals surface area (Å²) in [6.45, 7) is 1.94. The molecule has 0 amide bonds. The van der Waals surface area contributed by atoms with Crippen LogP contribution < -0.4 is 10.5 Å². The molecule has 0 aliphatic carbocycles. The number of rotatable bonds is 2. The maximum Gasteiger partial charge on any atom is 0.186 e. The fourth-order valence-electron chi connectivity index (χ4n) is 2.61. The number of hydrogen-bond donors (Lipinski definition) is 1. The molecule has 2 aromatic rings. The van der Waals surface area contributed by atoms with Gasteiger partial charge in [-0.1, -0.05) is 30.3 Å². The summed E-state index contributed by atoms with van der Waals surface area (Å²) in [7, 11) is -3.53. The van der Waals surface area contributed by atoms with Gasteiger partial charge in [-0.3, -0.25) is 0 Å². The molecule has 0 fully saturated rings. The highest BCUT2D eigenvalue weighted by atomic mass is 32.2. The third-order valence-corrected chi connectivity index (χ3v) is 5.94. The largest absolute Gasteiger partial charge is 0.492 e. The molecule has 4 nitrogen and oxygen atoms in total. The molecule has 0 saturated carbocycles. The van der Waals surface area contributed by atoms with E-state index >= 15 is 0 Å². The minimum absolute atomic E-state index is 0.0778. The number of nitrogens with two attached hydrogens (primary N) is 1. The molecule has 0 bridgehead atoms. The molecule has 21 heavy (non-hydrogen) atoms. The molecule has 5 heteroatoms. The Morgan fingerprint density at radius 2 is 1.90 bits per heavy atom. The molecule has 2 unspecified atom stereocenters. The summed E-state index contributed by atoms with van der Waals surface area (Å²) < 4.78 is 31.2. The van der Waals surface area contributed by atoms with Crippen molar-refractivity contribution in [3.8, 4) is 5.75 Å². The molecule has 1 heterocycles. The Labute approximate surface area is 124 Å². The van der Waals surface area contributed by atoms with Gasteiger partial charge in [0.15, 0.2) is 9.84 Å². The summed E-state index contributed by atoms with van der Waals surface area (Å²) >= 11 is 0. The molecule has 0 aromatic heterocycles. The quantitative estimate of drug-likeness (QED) is 0.923. The van der Waals surface area contributed by atoms with E-state index in [1.54, 1.807) is 18.2 Å². The number of fused-ring (bicyclic) bond motifs is 1. The summed E-state index contributed by atoms with van der Waals surface area (Å²) in [4.78, 5) is 0.297. The van der Waals surface area contributed by atoms with Gasteiger partial charge in [0, 0.05) is 5.56 Å². The summed E-state index contributed by atoms with van der Waals surface area (Å²) in [6.07, 6.45) is 0. The third kappa shape index (κ3) is 2.43.